The van der Waals surface area contributed by atoms with E-state index >= 15 is 0 Å². The average Bonchev–Trinajstić information content (AvgIpc) is 2.29. The number of ether oxygens (including phenoxy) is 1. The van der Waals surface area contributed by atoms with Crippen molar-refractivity contribution >= 4 is 5.84 Å². The number of para-hydroxylation sites is 1. The molecule has 4 heteroatoms. The van der Waals surface area contributed by atoms with Gasteiger partial charge >= 0.3 is 0 Å². The second kappa shape index (κ2) is 6.25. The van der Waals surface area contributed by atoms with E-state index in [1.807, 2.05) is 38.2 Å². The lowest BCUT2D eigenvalue weighted by molar-refractivity contribution is 0.299. The number of hydrogen-bond donors (Lipinski definition) is 2. The van der Waals surface area contributed by atoms with Gasteiger partial charge in [0.2, 0.25) is 0 Å². The Labute approximate surface area is 103 Å². The number of nitrogens with zero attached hydrogens (tertiary/aromatic N) is 1. The Balaban J connectivity index is 2.61. The molecule has 3 N–H and O–H groups in total. The van der Waals surface area contributed by atoms with Crippen LogP contribution in [-0.2, 0) is 6.54 Å². The summed E-state index contributed by atoms with van der Waals surface area (Å²) in [6.45, 7) is 3.52. The maximum absolute atomic E-state index is 7.38. The maximum Gasteiger partial charge on any atom is 0.123 e. The van der Waals surface area contributed by atoms with Gasteiger partial charge in [0.1, 0.15) is 5.75 Å². The van der Waals surface area contributed by atoms with Crippen LogP contribution < -0.4 is 10.5 Å². The van der Waals surface area contributed by atoms with Gasteiger partial charge in [-0.1, -0.05) is 25.1 Å². The van der Waals surface area contributed by atoms with Crippen molar-refractivity contribution in [2.75, 3.05) is 20.7 Å². The first-order chi connectivity index (χ1) is 8.04. The molecule has 0 bridgehead atoms. The van der Waals surface area contributed by atoms with Gasteiger partial charge in [0, 0.05) is 24.6 Å². The molecule has 0 fully saturated rings. The van der Waals surface area contributed by atoms with Crippen molar-refractivity contribution in [2.45, 2.75) is 13.5 Å². The molecule has 1 aromatic carbocycles. The summed E-state index contributed by atoms with van der Waals surface area (Å²) in [6, 6.07) is 7.96. The molecule has 0 radical (unpaired) electrons. The van der Waals surface area contributed by atoms with E-state index in [1.165, 1.54) is 0 Å². The molecule has 17 heavy (non-hydrogen) atoms. The highest BCUT2D eigenvalue weighted by molar-refractivity contribution is 5.79. The molecule has 94 valence electrons. The minimum atomic E-state index is 0.0784. The van der Waals surface area contributed by atoms with Gasteiger partial charge in [0.05, 0.1) is 12.9 Å². The van der Waals surface area contributed by atoms with Gasteiger partial charge in [-0.25, -0.2) is 0 Å². The predicted octanol–water partition coefficient (Wildman–Crippen LogP) is 1.70. The molecule has 1 aromatic rings. The third-order valence-electron chi connectivity index (χ3n) is 2.75. The van der Waals surface area contributed by atoms with E-state index < -0.39 is 0 Å². The summed E-state index contributed by atoms with van der Waals surface area (Å²) in [7, 11) is 3.70. The van der Waals surface area contributed by atoms with Crippen LogP contribution in [0.4, 0.5) is 0 Å². The molecule has 0 spiro atoms. The molecule has 1 atom stereocenters. The smallest absolute Gasteiger partial charge is 0.123 e. The molecule has 0 aliphatic heterocycles. The van der Waals surface area contributed by atoms with Gasteiger partial charge in [-0.3, -0.25) is 5.41 Å². The minimum Gasteiger partial charge on any atom is -0.496 e. The van der Waals surface area contributed by atoms with Crippen molar-refractivity contribution in [1.82, 2.24) is 4.90 Å². The Morgan fingerprint density at radius 1 is 1.47 bits per heavy atom. The normalized spacial score (nSPS) is 12.5. The van der Waals surface area contributed by atoms with Crippen LogP contribution in [0.15, 0.2) is 24.3 Å². The highest BCUT2D eigenvalue weighted by Gasteiger charge is 2.11. The Kier molecular flexibility index (Phi) is 4.97. The van der Waals surface area contributed by atoms with E-state index in [0.717, 1.165) is 24.4 Å². The lowest BCUT2D eigenvalue weighted by atomic mass is 10.1. The van der Waals surface area contributed by atoms with Crippen molar-refractivity contribution in [1.29, 1.82) is 5.41 Å². The quantitative estimate of drug-likeness (QED) is 0.582. The van der Waals surface area contributed by atoms with Gasteiger partial charge in [-0.15, -0.1) is 0 Å². The molecule has 0 amide bonds. The van der Waals surface area contributed by atoms with Crippen LogP contribution in [0.3, 0.4) is 0 Å². The number of nitrogens with one attached hydrogen (secondary N) is 1. The summed E-state index contributed by atoms with van der Waals surface area (Å²) in [5.41, 5.74) is 6.61. The zero-order valence-electron chi connectivity index (χ0n) is 10.7. The van der Waals surface area contributed by atoms with Crippen molar-refractivity contribution < 1.29 is 4.74 Å². The van der Waals surface area contributed by atoms with Gasteiger partial charge in [0.25, 0.3) is 0 Å². The summed E-state index contributed by atoms with van der Waals surface area (Å²) >= 11 is 0. The monoisotopic (exact) mass is 235 g/mol. The van der Waals surface area contributed by atoms with Crippen LogP contribution in [0.1, 0.15) is 12.5 Å². The van der Waals surface area contributed by atoms with E-state index in [0.29, 0.717) is 0 Å². The van der Waals surface area contributed by atoms with Crippen molar-refractivity contribution in [3.63, 3.8) is 0 Å². The summed E-state index contributed by atoms with van der Waals surface area (Å²) in [5.74, 6) is 1.21. The third kappa shape index (κ3) is 4.07. The zero-order valence-corrected chi connectivity index (χ0v) is 10.7. The van der Waals surface area contributed by atoms with E-state index in [1.54, 1.807) is 7.11 Å². The zero-order chi connectivity index (χ0) is 12.8. The van der Waals surface area contributed by atoms with Crippen LogP contribution in [0, 0.1) is 11.3 Å². The first-order valence-corrected chi connectivity index (χ1v) is 5.69. The Hall–Kier alpha value is -1.55. The van der Waals surface area contributed by atoms with E-state index in [-0.39, 0.29) is 11.8 Å². The summed E-state index contributed by atoms with van der Waals surface area (Å²) < 4.78 is 5.31. The molecule has 4 nitrogen and oxygen atoms in total. The fraction of sp³-hybridized carbons (Fsp3) is 0.462. The van der Waals surface area contributed by atoms with Crippen LogP contribution >= 0.6 is 0 Å². The Bertz CT molecular complexity index is 379. The average molecular weight is 235 g/mol. The van der Waals surface area contributed by atoms with E-state index in [2.05, 4.69) is 4.90 Å². The molecular formula is C13H21N3O. The number of benzene rings is 1. The highest BCUT2D eigenvalue weighted by atomic mass is 16.5. The summed E-state index contributed by atoms with van der Waals surface area (Å²) in [4.78, 5) is 2.14. The molecule has 1 unspecified atom stereocenters. The molecule has 0 aliphatic rings. The molecular weight excluding hydrogens is 214 g/mol. The van der Waals surface area contributed by atoms with E-state index in [4.69, 9.17) is 15.9 Å². The Morgan fingerprint density at radius 3 is 2.71 bits per heavy atom. The fourth-order valence-electron chi connectivity index (χ4n) is 1.75. The van der Waals surface area contributed by atoms with Gasteiger partial charge in [-0.05, 0) is 13.1 Å². The first kappa shape index (κ1) is 13.5. The van der Waals surface area contributed by atoms with Crippen LogP contribution in [0.25, 0.3) is 0 Å². The van der Waals surface area contributed by atoms with Crippen molar-refractivity contribution in [3.8, 4) is 5.75 Å². The van der Waals surface area contributed by atoms with Gasteiger partial charge in [-0.2, -0.15) is 0 Å². The standard InChI is InChI=1S/C13H21N3O/c1-10(13(14)15)8-16(2)9-11-6-4-5-7-12(11)17-3/h4-7,10H,8-9H2,1-3H3,(H3,14,15). The van der Waals surface area contributed by atoms with Crippen LogP contribution in [0.2, 0.25) is 0 Å². The molecule has 1 rings (SSSR count). The minimum absolute atomic E-state index is 0.0784. The van der Waals surface area contributed by atoms with Gasteiger partial charge in [0.15, 0.2) is 0 Å². The SMILES string of the molecule is COc1ccccc1CN(C)CC(C)C(=N)N. The molecule has 0 aromatic heterocycles. The third-order valence-corrected chi connectivity index (χ3v) is 2.75. The summed E-state index contributed by atoms with van der Waals surface area (Å²) in [5, 5.41) is 7.38. The van der Waals surface area contributed by atoms with Crippen LogP contribution in [-0.4, -0.2) is 31.4 Å². The van der Waals surface area contributed by atoms with E-state index in [9.17, 15) is 0 Å². The number of rotatable bonds is 6. The topological polar surface area (TPSA) is 62.3 Å². The van der Waals surface area contributed by atoms with Gasteiger partial charge < -0.3 is 15.4 Å². The van der Waals surface area contributed by atoms with Crippen LogP contribution in [0.5, 0.6) is 5.75 Å². The van der Waals surface area contributed by atoms with Crippen molar-refractivity contribution in [2.24, 2.45) is 11.7 Å². The number of hydrogen-bond acceptors (Lipinski definition) is 3. The second-order valence-corrected chi connectivity index (χ2v) is 4.36. The second-order valence-electron chi connectivity index (χ2n) is 4.36. The highest BCUT2D eigenvalue weighted by Crippen LogP contribution is 2.18. The molecule has 0 saturated heterocycles. The maximum atomic E-state index is 7.38. The first-order valence-electron chi connectivity index (χ1n) is 5.69. The number of nitrogens with two attached hydrogens (primary N) is 1. The molecule has 0 heterocycles. The van der Waals surface area contributed by atoms with Crippen molar-refractivity contribution in [3.05, 3.63) is 29.8 Å². The number of methoxy groups -OCH3 is 1. The largest absolute Gasteiger partial charge is 0.496 e. The summed E-state index contributed by atoms with van der Waals surface area (Å²) in [6.07, 6.45) is 0. The molecule has 0 saturated carbocycles. The predicted molar refractivity (Wildman–Crippen MR) is 70.4 cm³/mol. The Morgan fingerprint density at radius 2 is 2.12 bits per heavy atom. The molecule has 0 aliphatic carbocycles. The number of amidine groups is 1. The lowest BCUT2D eigenvalue weighted by Crippen LogP contribution is -2.31. The lowest BCUT2D eigenvalue weighted by Gasteiger charge is -2.21. The fourth-order valence-corrected chi connectivity index (χ4v) is 1.75.